The Bertz CT molecular complexity index is 417. The van der Waals surface area contributed by atoms with E-state index >= 15 is 0 Å². The minimum absolute atomic E-state index is 0. The first-order chi connectivity index (χ1) is 7.36. The molecule has 0 saturated carbocycles. The molecule has 0 saturated heterocycles. The number of aromatic nitrogens is 2. The molecule has 0 aliphatic rings. The molecule has 3 nitrogen and oxygen atoms in total. The van der Waals surface area contributed by atoms with Crippen molar-refractivity contribution in [3.63, 3.8) is 0 Å². The number of hydrogen-bond donors (Lipinski definition) is 1. The van der Waals surface area contributed by atoms with Gasteiger partial charge >= 0.3 is 0 Å². The van der Waals surface area contributed by atoms with Crippen LogP contribution in [0.25, 0.3) is 0 Å². The third kappa shape index (κ3) is 3.56. The molecule has 0 aromatic carbocycles. The van der Waals surface area contributed by atoms with E-state index in [4.69, 9.17) is 0 Å². The van der Waals surface area contributed by atoms with Crippen molar-refractivity contribution in [2.45, 2.75) is 20.0 Å². The molecule has 1 N–H and O–H groups in total. The van der Waals surface area contributed by atoms with Gasteiger partial charge < -0.3 is 5.32 Å². The van der Waals surface area contributed by atoms with Crippen molar-refractivity contribution in [3.05, 3.63) is 46.2 Å². The van der Waals surface area contributed by atoms with Gasteiger partial charge in [0.1, 0.15) is 0 Å². The van der Waals surface area contributed by atoms with Crippen LogP contribution in [0.15, 0.2) is 29.2 Å². The number of nitrogens with one attached hydrogen (secondary N) is 1. The van der Waals surface area contributed by atoms with Crippen LogP contribution in [0.4, 0.5) is 0 Å². The van der Waals surface area contributed by atoms with Crippen molar-refractivity contribution in [3.8, 4) is 0 Å². The van der Waals surface area contributed by atoms with E-state index in [2.05, 4.69) is 26.7 Å². The van der Waals surface area contributed by atoms with Gasteiger partial charge in [-0.2, -0.15) is 0 Å². The van der Waals surface area contributed by atoms with Crippen molar-refractivity contribution in [1.82, 2.24) is 15.3 Å². The summed E-state index contributed by atoms with van der Waals surface area (Å²) in [7, 11) is 0. The molecule has 2 aromatic heterocycles. The summed E-state index contributed by atoms with van der Waals surface area (Å²) in [6.07, 6.45) is 1.82. The van der Waals surface area contributed by atoms with Crippen molar-refractivity contribution in [2.75, 3.05) is 0 Å². The third-order valence-electron chi connectivity index (χ3n) is 2.22. The Morgan fingerprint density at radius 1 is 1.31 bits per heavy atom. The van der Waals surface area contributed by atoms with E-state index in [1.807, 2.05) is 24.7 Å². The van der Waals surface area contributed by atoms with Crippen molar-refractivity contribution in [2.24, 2.45) is 0 Å². The Hall–Kier alpha value is -0.970. The van der Waals surface area contributed by atoms with E-state index in [1.165, 1.54) is 5.56 Å². The number of aryl methyl sites for hydroxylation is 1. The number of hydrogen-bond acceptors (Lipinski definition) is 4. The Kier molecular flexibility index (Phi) is 5.38. The van der Waals surface area contributed by atoms with Gasteiger partial charge in [-0.3, -0.25) is 4.98 Å². The van der Waals surface area contributed by atoms with E-state index in [-0.39, 0.29) is 12.4 Å². The predicted octanol–water partition coefficient (Wildman–Crippen LogP) is 2.56. The first-order valence-electron chi connectivity index (χ1n) is 4.84. The van der Waals surface area contributed by atoms with Crippen LogP contribution in [0, 0.1) is 6.92 Å². The molecular weight excluding hydrogens is 242 g/mol. The van der Waals surface area contributed by atoms with Crippen molar-refractivity contribution < 1.29 is 0 Å². The second kappa shape index (κ2) is 6.58. The topological polar surface area (TPSA) is 37.8 Å². The number of rotatable bonds is 4. The highest BCUT2D eigenvalue weighted by atomic mass is 35.5. The highest BCUT2D eigenvalue weighted by molar-refractivity contribution is 7.07. The van der Waals surface area contributed by atoms with E-state index in [1.54, 1.807) is 11.3 Å². The molecule has 0 spiro atoms. The Labute approximate surface area is 105 Å². The van der Waals surface area contributed by atoms with E-state index in [0.29, 0.717) is 0 Å². The molecule has 0 amide bonds. The summed E-state index contributed by atoms with van der Waals surface area (Å²) < 4.78 is 0. The van der Waals surface area contributed by atoms with Gasteiger partial charge in [-0.1, -0.05) is 6.07 Å². The van der Waals surface area contributed by atoms with Gasteiger partial charge in [0.05, 0.1) is 11.2 Å². The van der Waals surface area contributed by atoms with Gasteiger partial charge in [-0.05, 0) is 18.6 Å². The molecule has 86 valence electrons. The molecule has 0 bridgehead atoms. The number of halogens is 1. The van der Waals surface area contributed by atoms with Crippen LogP contribution < -0.4 is 5.32 Å². The van der Waals surface area contributed by atoms with Crippen LogP contribution in [-0.2, 0) is 13.1 Å². The first-order valence-corrected chi connectivity index (χ1v) is 5.79. The smallest absolute Gasteiger partial charge is 0.0795 e. The molecule has 16 heavy (non-hydrogen) atoms. The maximum Gasteiger partial charge on any atom is 0.0795 e. The fraction of sp³-hybridized carbons (Fsp3) is 0.273. The Balaban J connectivity index is 0.00000128. The molecule has 0 unspecified atom stereocenters. The summed E-state index contributed by atoms with van der Waals surface area (Å²) in [6.45, 7) is 3.69. The molecule has 0 radical (unpaired) electrons. The van der Waals surface area contributed by atoms with E-state index in [9.17, 15) is 0 Å². The van der Waals surface area contributed by atoms with Crippen molar-refractivity contribution >= 4 is 23.7 Å². The van der Waals surface area contributed by atoms with Crippen LogP contribution in [-0.4, -0.2) is 9.97 Å². The molecule has 0 fully saturated rings. The summed E-state index contributed by atoms with van der Waals surface area (Å²) in [6, 6.07) is 4.06. The molecule has 2 rings (SSSR count). The summed E-state index contributed by atoms with van der Waals surface area (Å²) >= 11 is 1.63. The molecule has 0 atom stereocenters. The normalized spacial score (nSPS) is 9.81. The standard InChI is InChI=1S/C11H13N3S.ClH/c1-9-10(3-2-4-13-9)5-12-6-11-7-15-8-14-11;/h2-4,7-8,12H,5-6H2,1H3;1H. The molecule has 0 aliphatic heterocycles. The lowest BCUT2D eigenvalue weighted by Crippen LogP contribution is -2.13. The second-order valence-corrected chi connectivity index (χ2v) is 4.05. The molecule has 2 heterocycles. The zero-order chi connectivity index (χ0) is 10.5. The second-order valence-electron chi connectivity index (χ2n) is 3.33. The van der Waals surface area contributed by atoms with Crippen LogP contribution in [0.2, 0.25) is 0 Å². The van der Waals surface area contributed by atoms with Crippen molar-refractivity contribution in [1.29, 1.82) is 0 Å². The molecule has 2 aromatic rings. The predicted molar refractivity (Wildman–Crippen MR) is 68.9 cm³/mol. The lowest BCUT2D eigenvalue weighted by atomic mass is 10.2. The SMILES string of the molecule is Cc1ncccc1CNCc1cscn1.Cl. The summed E-state index contributed by atoms with van der Waals surface area (Å²) in [5, 5.41) is 5.41. The highest BCUT2D eigenvalue weighted by Gasteiger charge is 1.98. The van der Waals surface area contributed by atoms with Crippen LogP contribution >= 0.6 is 23.7 Å². The van der Waals surface area contributed by atoms with Gasteiger partial charge in [0.2, 0.25) is 0 Å². The third-order valence-corrected chi connectivity index (χ3v) is 2.86. The van der Waals surface area contributed by atoms with Gasteiger partial charge in [0.25, 0.3) is 0 Å². The highest BCUT2D eigenvalue weighted by Crippen LogP contribution is 2.04. The first kappa shape index (κ1) is 13.1. The Morgan fingerprint density at radius 2 is 2.19 bits per heavy atom. The zero-order valence-corrected chi connectivity index (χ0v) is 10.6. The van der Waals surface area contributed by atoms with Gasteiger partial charge in [0, 0.05) is 30.4 Å². The zero-order valence-electron chi connectivity index (χ0n) is 9.01. The maximum absolute atomic E-state index is 4.24. The number of thiazole rings is 1. The quantitative estimate of drug-likeness (QED) is 0.913. The minimum atomic E-state index is 0. The average Bonchev–Trinajstić information content (AvgIpc) is 2.74. The number of nitrogens with zero attached hydrogens (tertiary/aromatic N) is 2. The Morgan fingerprint density at radius 3 is 2.88 bits per heavy atom. The molecular formula is C11H14ClN3S. The van der Waals surface area contributed by atoms with Crippen LogP contribution in [0.5, 0.6) is 0 Å². The average molecular weight is 256 g/mol. The maximum atomic E-state index is 4.24. The van der Waals surface area contributed by atoms with E-state index in [0.717, 1.165) is 24.5 Å². The lowest BCUT2D eigenvalue weighted by molar-refractivity contribution is 0.677. The molecule has 5 heteroatoms. The molecule has 0 aliphatic carbocycles. The fourth-order valence-corrected chi connectivity index (χ4v) is 1.91. The lowest BCUT2D eigenvalue weighted by Gasteiger charge is -2.05. The summed E-state index contributed by atoms with van der Waals surface area (Å²) in [4.78, 5) is 8.45. The van der Waals surface area contributed by atoms with Gasteiger partial charge in [0.15, 0.2) is 0 Å². The van der Waals surface area contributed by atoms with Crippen LogP contribution in [0.3, 0.4) is 0 Å². The summed E-state index contributed by atoms with van der Waals surface area (Å²) in [5.41, 5.74) is 5.28. The monoisotopic (exact) mass is 255 g/mol. The van der Waals surface area contributed by atoms with Gasteiger partial charge in [-0.15, -0.1) is 23.7 Å². The summed E-state index contributed by atoms with van der Waals surface area (Å²) in [5.74, 6) is 0. The number of pyridine rings is 1. The van der Waals surface area contributed by atoms with Gasteiger partial charge in [-0.25, -0.2) is 4.98 Å². The largest absolute Gasteiger partial charge is 0.307 e. The fourth-order valence-electron chi connectivity index (χ4n) is 1.35. The minimum Gasteiger partial charge on any atom is -0.307 e. The van der Waals surface area contributed by atoms with Crippen LogP contribution in [0.1, 0.15) is 17.0 Å². The van der Waals surface area contributed by atoms with E-state index < -0.39 is 0 Å².